The van der Waals surface area contributed by atoms with Crippen LogP contribution in [0.5, 0.6) is 0 Å². The van der Waals surface area contributed by atoms with Gasteiger partial charge in [0, 0.05) is 24.1 Å². The van der Waals surface area contributed by atoms with E-state index in [0.29, 0.717) is 5.92 Å². The van der Waals surface area contributed by atoms with E-state index in [-0.39, 0.29) is 5.92 Å². The fraction of sp³-hybridized carbons (Fsp3) is 0.357. The number of aromatic nitrogens is 1. The summed E-state index contributed by atoms with van der Waals surface area (Å²) >= 11 is 0. The van der Waals surface area contributed by atoms with E-state index in [9.17, 15) is 5.26 Å². The summed E-state index contributed by atoms with van der Waals surface area (Å²) in [6.07, 6.45) is 2.08. The molecule has 1 unspecified atom stereocenters. The van der Waals surface area contributed by atoms with Crippen molar-refractivity contribution in [2.75, 3.05) is 0 Å². The van der Waals surface area contributed by atoms with Crippen LogP contribution in [0.15, 0.2) is 30.5 Å². The van der Waals surface area contributed by atoms with Crippen LogP contribution in [0.2, 0.25) is 0 Å². The molecule has 16 heavy (non-hydrogen) atoms. The third-order valence-electron chi connectivity index (χ3n) is 3.07. The zero-order valence-corrected chi connectivity index (χ0v) is 9.94. The second kappa shape index (κ2) is 4.02. The van der Waals surface area contributed by atoms with E-state index in [1.165, 1.54) is 10.9 Å². The van der Waals surface area contributed by atoms with E-state index < -0.39 is 0 Å². The maximum absolute atomic E-state index is 9.26. The first-order chi connectivity index (χ1) is 7.65. The molecule has 0 fully saturated rings. The number of para-hydroxylation sites is 1. The molecule has 0 aliphatic carbocycles. The van der Waals surface area contributed by atoms with Gasteiger partial charge in [-0.15, -0.1) is 0 Å². The molecular weight excluding hydrogens is 196 g/mol. The van der Waals surface area contributed by atoms with Crippen molar-refractivity contribution in [2.24, 2.45) is 13.0 Å². The molecule has 2 rings (SSSR count). The highest BCUT2D eigenvalue weighted by molar-refractivity contribution is 5.84. The van der Waals surface area contributed by atoms with Crippen molar-refractivity contribution >= 4 is 10.9 Å². The molecule has 2 nitrogen and oxygen atoms in total. The van der Waals surface area contributed by atoms with Crippen molar-refractivity contribution in [3.8, 4) is 6.07 Å². The Hall–Kier alpha value is -1.75. The molecule has 0 spiro atoms. The minimum absolute atomic E-state index is 0.0221. The number of nitriles is 1. The zero-order valence-electron chi connectivity index (χ0n) is 9.94. The largest absolute Gasteiger partial charge is 0.350 e. The minimum atomic E-state index is -0.0221. The molecule has 0 aliphatic rings. The van der Waals surface area contributed by atoms with Gasteiger partial charge in [-0.2, -0.15) is 5.26 Å². The monoisotopic (exact) mass is 212 g/mol. The van der Waals surface area contributed by atoms with Gasteiger partial charge in [-0.25, -0.2) is 0 Å². The van der Waals surface area contributed by atoms with Gasteiger partial charge in [-0.1, -0.05) is 32.0 Å². The molecule has 0 N–H and O–H groups in total. The third kappa shape index (κ3) is 1.59. The van der Waals surface area contributed by atoms with Crippen LogP contribution in [-0.4, -0.2) is 4.57 Å². The summed E-state index contributed by atoms with van der Waals surface area (Å²) in [6, 6.07) is 10.7. The lowest BCUT2D eigenvalue weighted by Gasteiger charge is -2.11. The average Bonchev–Trinajstić information content (AvgIpc) is 2.58. The Bertz CT molecular complexity index is 543. The molecule has 1 atom stereocenters. The molecule has 1 aromatic heterocycles. The first-order valence-corrected chi connectivity index (χ1v) is 5.58. The van der Waals surface area contributed by atoms with Gasteiger partial charge in [0.05, 0.1) is 12.0 Å². The van der Waals surface area contributed by atoms with Crippen LogP contribution in [-0.2, 0) is 7.05 Å². The Balaban J connectivity index is 2.66. The van der Waals surface area contributed by atoms with Crippen LogP contribution in [0.1, 0.15) is 25.3 Å². The SMILES string of the molecule is CC(C)C(C#N)c1cn(C)c2ccccc12. The highest BCUT2D eigenvalue weighted by Crippen LogP contribution is 2.31. The number of rotatable bonds is 2. The van der Waals surface area contributed by atoms with Crippen molar-refractivity contribution < 1.29 is 0 Å². The van der Waals surface area contributed by atoms with Crippen molar-refractivity contribution in [3.63, 3.8) is 0 Å². The summed E-state index contributed by atoms with van der Waals surface area (Å²) in [4.78, 5) is 0. The van der Waals surface area contributed by atoms with E-state index >= 15 is 0 Å². The summed E-state index contributed by atoms with van der Waals surface area (Å²) in [7, 11) is 2.03. The molecule has 0 aliphatic heterocycles. The lowest BCUT2D eigenvalue weighted by Crippen LogP contribution is -2.03. The van der Waals surface area contributed by atoms with Crippen LogP contribution < -0.4 is 0 Å². The number of fused-ring (bicyclic) bond motifs is 1. The summed E-state index contributed by atoms with van der Waals surface area (Å²) in [5.41, 5.74) is 2.34. The molecule has 1 aromatic carbocycles. The number of hydrogen-bond acceptors (Lipinski definition) is 1. The predicted molar refractivity (Wildman–Crippen MR) is 66.1 cm³/mol. The van der Waals surface area contributed by atoms with Gasteiger partial charge in [-0.05, 0) is 17.5 Å². The Labute approximate surface area is 96.1 Å². The van der Waals surface area contributed by atoms with Crippen LogP contribution in [0, 0.1) is 17.2 Å². The fourth-order valence-electron chi connectivity index (χ4n) is 2.20. The second-order valence-electron chi connectivity index (χ2n) is 4.56. The lowest BCUT2D eigenvalue weighted by atomic mass is 9.90. The first-order valence-electron chi connectivity index (χ1n) is 5.58. The molecular formula is C14H16N2. The van der Waals surface area contributed by atoms with Crippen molar-refractivity contribution in [3.05, 3.63) is 36.0 Å². The van der Waals surface area contributed by atoms with Gasteiger partial charge >= 0.3 is 0 Å². The van der Waals surface area contributed by atoms with Crippen LogP contribution >= 0.6 is 0 Å². The molecule has 0 saturated heterocycles. The maximum Gasteiger partial charge on any atom is 0.0756 e. The molecule has 82 valence electrons. The molecule has 0 amide bonds. The van der Waals surface area contributed by atoms with Gasteiger partial charge in [-0.3, -0.25) is 0 Å². The summed E-state index contributed by atoms with van der Waals surface area (Å²) in [6.45, 7) is 4.19. The van der Waals surface area contributed by atoms with Gasteiger partial charge in [0.25, 0.3) is 0 Å². The Morgan fingerprint density at radius 3 is 2.56 bits per heavy atom. The van der Waals surface area contributed by atoms with E-state index in [4.69, 9.17) is 0 Å². The summed E-state index contributed by atoms with van der Waals surface area (Å²) in [5, 5.41) is 10.5. The van der Waals surface area contributed by atoms with E-state index in [0.717, 1.165) is 5.56 Å². The molecule has 0 bridgehead atoms. The maximum atomic E-state index is 9.26. The summed E-state index contributed by atoms with van der Waals surface area (Å²) < 4.78 is 2.09. The van der Waals surface area contributed by atoms with Crippen molar-refractivity contribution in [1.82, 2.24) is 4.57 Å². The van der Waals surface area contributed by atoms with Crippen LogP contribution in [0.4, 0.5) is 0 Å². The first kappa shape index (κ1) is 10.8. The summed E-state index contributed by atoms with van der Waals surface area (Å²) in [5.74, 6) is 0.321. The van der Waals surface area contributed by atoms with Crippen molar-refractivity contribution in [2.45, 2.75) is 19.8 Å². The smallest absolute Gasteiger partial charge is 0.0756 e. The molecule has 2 heteroatoms. The quantitative estimate of drug-likeness (QED) is 0.749. The predicted octanol–water partition coefficient (Wildman–Crippen LogP) is 3.44. The number of benzene rings is 1. The Morgan fingerprint density at radius 1 is 1.25 bits per heavy atom. The highest BCUT2D eigenvalue weighted by Gasteiger charge is 2.19. The van der Waals surface area contributed by atoms with E-state index in [1.807, 2.05) is 19.2 Å². The van der Waals surface area contributed by atoms with Gasteiger partial charge in [0.1, 0.15) is 0 Å². The van der Waals surface area contributed by atoms with Gasteiger partial charge in [0.2, 0.25) is 0 Å². The van der Waals surface area contributed by atoms with Crippen LogP contribution in [0.25, 0.3) is 10.9 Å². The topological polar surface area (TPSA) is 28.7 Å². The van der Waals surface area contributed by atoms with Crippen LogP contribution in [0.3, 0.4) is 0 Å². The van der Waals surface area contributed by atoms with Gasteiger partial charge < -0.3 is 4.57 Å². The lowest BCUT2D eigenvalue weighted by molar-refractivity contribution is 0.589. The number of aryl methyl sites for hydroxylation is 1. The molecule has 0 saturated carbocycles. The third-order valence-corrected chi connectivity index (χ3v) is 3.07. The molecule has 1 heterocycles. The minimum Gasteiger partial charge on any atom is -0.350 e. The zero-order chi connectivity index (χ0) is 11.7. The number of hydrogen-bond donors (Lipinski definition) is 0. The highest BCUT2D eigenvalue weighted by atomic mass is 14.9. The standard InChI is InChI=1S/C14H16N2/c1-10(2)12(8-15)13-9-16(3)14-7-5-4-6-11(13)14/h4-7,9-10,12H,1-3H3. The number of nitrogens with zero attached hydrogens (tertiary/aromatic N) is 2. The average molecular weight is 212 g/mol. The normalized spacial score (nSPS) is 12.9. The Morgan fingerprint density at radius 2 is 1.94 bits per heavy atom. The van der Waals surface area contributed by atoms with E-state index in [2.05, 4.69) is 42.8 Å². The molecule has 0 radical (unpaired) electrons. The second-order valence-corrected chi connectivity index (χ2v) is 4.56. The van der Waals surface area contributed by atoms with E-state index in [1.54, 1.807) is 0 Å². The fourth-order valence-corrected chi connectivity index (χ4v) is 2.20. The molecule has 2 aromatic rings. The van der Waals surface area contributed by atoms with Gasteiger partial charge in [0.15, 0.2) is 0 Å². The van der Waals surface area contributed by atoms with Crippen molar-refractivity contribution in [1.29, 1.82) is 5.26 Å². The Kier molecular flexibility index (Phi) is 2.70.